The maximum absolute atomic E-state index is 12.6. The standard InChI is InChI=1S/C49H94O5/c1-4-7-10-13-16-18-20-21-22-23-24-25-26-27-28-30-32-35-38-41-44-52-45-47(54-49(51)43-40-37-33-15-12-9-6-3)46-53-48(50)42-39-36-34-31-29-19-17-14-11-8-5-2/h21-22,47H,4-20,23-46H2,1-3H3/b22-21-. The molecule has 0 rings (SSSR count). The number of carbonyl (C=O) groups excluding carboxylic acids is 2. The summed E-state index contributed by atoms with van der Waals surface area (Å²) >= 11 is 0. The molecule has 1 atom stereocenters. The second-order valence-corrected chi connectivity index (χ2v) is 16.4. The fraction of sp³-hybridized carbons (Fsp3) is 0.918. The monoisotopic (exact) mass is 763 g/mol. The van der Waals surface area contributed by atoms with Crippen molar-refractivity contribution in [2.24, 2.45) is 0 Å². The van der Waals surface area contributed by atoms with Crippen LogP contribution in [0.3, 0.4) is 0 Å². The zero-order chi connectivity index (χ0) is 39.3. The van der Waals surface area contributed by atoms with Crippen LogP contribution in [0.2, 0.25) is 0 Å². The molecule has 0 bridgehead atoms. The van der Waals surface area contributed by atoms with Gasteiger partial charge in [-0.3, -0.25) is 9.59 Å². The minimum Gasteiger partial charge on any atom is -0.462 e. The Kier molecular flexibility index (Phi) is 44.9. The number of esters is 2. The van der Waals surface area contributed by atoms with Gasteiger partial charge in [-0.2, -0.15) is 0 Å². The molecule has 0 amide bonds. The average Bonchev–Trinajstić information content (AvgIpc) is 3.17. The maximum atomic E-state index is 12.6. The smallest absolute Gasteiger partial charge is 0.306 e. The van der Waals surface area contributed by atoms with Crippen LogP contribution in [0.5, 0.6) is 0 Å². The summed E-state index contributed by atoms with van der Waals surface area (Å²) in [5, 5.41) is 0. The molecule has 0 aromatic rings. The molecule has 0 saturated carbocycles. The Bertz CT molecular complexity index is 780. The van der Waals surface area contributed by atoms with Crippen LogP contribution in [0.1, 0.15) is 265 Å². The summed E-state index contributed by atoms with van der Waals surface area (Å²) in [5.41, 5.74) is 0. The third-order valence-corrected chi connectivity index (χ3v) is 10.8. The third-order valence-electron chi connectivity index (χ3n) is 10.8. The van der Waals surface area contributed by atoms with Gasteiger partial charge in [0.25, 0.3) is 0 Å². The van der Waals surface area contributed by atoms with E-state index in [1.165, 1.54) is 199 Å². The number of unbranched alkanes of at least 4 members (excludes halogenated alkanes) is 32. The summed E-state index contributed by atoms with van der Waals surface area (Å²) in [4.78, 5) is 25.1. The Morgan fingerprint density at radius 2 is 0.722 bits per heavy atom. The molecule has 0 saturated heterocycles. The van der Waals surface area contributed by atoms with Crippen molar-refractivity contribution in [1.29, 1.82) is 0 Å². The number of hydrogen-bond acceptors (Lipinski definition) is 5. The Morgan fingerprint density at radius 3 is 1.13 bits per heavy atom. The molecule has 0 aliphatic rings. The van der Waals surface area contributed by atoms with Crippen molar-refractivity contribution in [3.8, 4) is 0 Å². The van der Waals surface area contributed by atoms with E-state index in [-0.39, 0.29) is 18.5 Å². The predicted molar refractivity (Wildman–Crippen MR) is 233 cm³/mol. The van der Waals surface area contributed by atoms with Gasteiger partial charge in [-0.05, 0) is 44.9 Å². The highest BCUT2D eigenvalue weighted by atomic mass is 16.6. The zero-order valence-corrected chi connectivity index (χ0v) is 36.8. The normalized spacial score (nSPS) is 12.1. The van der Waals surface area contributed by atoms with E-state index in [0.29, 0.717) is 26.1 Å². The number of allylic oxidation sites excluding steroid dienone is 2. The van der Waals surface area contributed by atoms with E-state index in [1.807, 2.05) is 0 Å². The fourth-order valence-corrected chi connectivity index (χ4v) is 7.15. The molecule has 1 unspecified atom stereocenters. The number of hydrogen-bond donors (Lipinski definition) is 0. The predicted octanol–water partition coefficient (Wildman–Crippen LogP) is 15.9. The molecule has 0 heterocycles. The maximum Gasteiger partial charge on any atom is 0.306 e. The first-order valence-electron chi connectivity index (χ1n) is 24.2. The molecule has 5 nitrogen and oxygen atoms in total. The number of carbonyl (C=O) groups is 2. The van der Waals surface area contributed by atoms with Gasteiger partial charge in [0.1, 0.15) is 6.61 Å². The molecule has 0 spiro atoms. The SMILES string of the molecule is CCCCCCCC/C=C\CCCCCCCCCCCCOCC(COC(=O)CCCCCCCCCCCCC)OC(=O)CCCCCCCCC. The van der Waals surface area contributed by atoms with Crippen molar-refractivity contribution in [2.75, 3.05) is 19.8 Å². The van der Waals surface area contributed by atoms with Gasteiger partial charge < -0.3 is 14.2 Å². The van der Waals surface area contributed by atoms with Gasteiger partial charge in [0, 0.05) is 19.4 Å². The third kappa shape index (κ3) is 43.4. The van der Waals surface area contributed by atoms with Crippen molar-refractivity contribution < 1.29 is 23.8 Å². The van der Waals surface area contributed by atoms with Crippen LogP contribution in [0.4, 0.5) is 0 Å². The molecular formula is C49H94O5. The Hall–Kier alpha value is -1.36. The van der Waals surface area contributed by atoms with E-state index in [0.717, 1.165) is 32.1 Å². The summed E-state index contributed by atoms with van der Waals surface area (Å²) in [6, 6.07) is 0. The highest BCUT2D eigenvalue weighted by Gasteiger charge is 2.17. The molecule has 54 heavy (non-hydrogen) atoms. The first kappa shape index (κ1) is 52.6. The quantitative estimate of drug-likeness (QED) is 0.0351. The number of rotatable bonds is 45. The molecule has 320 valence electrons. The Labute approximate surface area is 337 Å². The first-order chi connectivity index (χ1) is 26.6. The first-order valence-corrected chi connectivity index (χ1v) is 24.2. The van der Waals surface area contributed by atoms with Crippen molar-refractivity contribution >= 4 is 11.9 Å². The second-order valence-electron chi connectivity index (χ2n) is 16.4. The lowest BCUT2D eigenvalue weighted by atomic mass is 10.1. The van der Waals surface area contributed by atoms with Gasteiger partial charge in [0.05, 0.1) is 6.61 Å². The van der Waals surface area contributed by atoms with Crippen LogP contribution >= 0.6 is 0 Å². The van der Waals surface area contributed by atoms with E-state index in [9.17, 15) is 9.59 Å². The van der Waals surface area contributed by atoms with Crippen molar-refractivity contribution in [3.05, 3.63) is 12.2 Å². The minimum absolute atomic E-state index is 0.0928. The lowest BCUT2D eigenvalue weighted by Crippen LogP contribution is -2.30. The van der Waals surface area contributed by atoms with Gasteiger partial charge in [-0.25, -0.2) is 0 Å². The fourth-order valence-electron chi connectivity index (χ4n) is 7.15. The summed E-state index contributed by atoms with van der Waals surface area (Å²) < 4.78 is 17.3. The molecule has 5 heteroatoms. The lowest BCUT2D eigenvalue weighted by Gasteiger charge is -2.18. The zero-order valence-electron chi connectivity index (χ0n) is 36.8. The molecule has 0 aliphatic heterocycles. The second kappa shape index (κ2) is 46.0. The highest BCUT2D eigenvalue weighted by molar-refractivity contribution is 5.70. The van der Waals surface area contributed by atoms with Crippen LogP contribution in [-0.2, 0) is 23.8 Å². The van der Waals surface area contributed by atoms with E-state index in [1.54, 1.807) is 0 Å². The molecule has 0 radical (unpaired) electrons. The van der Waals surface area contributed by atoms with Crippen molar-refractivity contribution in [1.82, 2.24) is 0 Å². The van der Waals surface area contributed by atoms with E-state index in [4.69, 9.17) is 14.2 Å². The summed E-state index contributed by atoms with van der Waals surface area (Å²) in [5.74, 6) is -0.389. The Morgan fingerprint density at radius 1 is 0.389 bits per heavy atom. The molecule has 0 fully saturated rings. The van der Waals surface area contributed by atoms with Gasteiger partial charge in [0.2, 0.25) is 0 Å². The van der Waals surface area contributed by atoms with Crippen molar-refractivity contribution in [3.63, 3.8) is 0 Å². The largest absolute Gasteiger partial charge is 0.462 e. The molecule has 0 aromatic carbocycles. The van der Waals surface area contributed by atoms with Crippen molar-refractivity contribution in [2.45, 2.75) is 271 Å². The highest BCUT2D eigenvalue weighted by Crippen LogP contribution is 2.15. The number of ether oxygens (including phenoxy) is 3. The molecule has 0 aromatic heterocycles. The van der Waals surface area contributed by atoms with Crippen LogP contribution in [0.15, 0.2) is 12.2 Å². The lowest BCUT2D eigenvalue weighted by molar-refractivity contribution is -0.163. The van der Waals surface area contributed by atoms with E-state index in [2.05, 4.69) is 32.9 Å². The van der Waals surface area contributed by atoms with Gasteiger partial charge >= 0.3 is 11.9 Å². The average molecular weight is 763 g/mol. The summed E-state index contributed by atoms with van der Waals surface area (Å²) in [6.45, 7) is 7.82. The van der Waals surface area contributed by atoms with Gasteiger partial charge in [-0.15, -0.1) is 0 Å². The Balaban J connectivity index is 4.03. The summed E-state index contributed by atoms with van der Waals surface area (Å²) in [7, 11) is 0. The van der Waals surface area contributed by atoms with Crippen LogP contribution in [-0.4, -0.2) is 37.9 Å². The molecular weight excluding hydrogens is 669 g/mol. The van der Waals surface area contributed by atoms with Gasteiger partial charge in [0.15, 0.2) is 6.10 Å². The molecule has 0 N–H and O–H groups in total. The van der Waals surface area contributed by atoms with Crippen LogP contribution < -0.4 is 0 Å². The van der Waals surface area contributed by atoms with Crippen LogP contribution in [0, 0.1) is 0 Å². The molecule has 0 aliphatic carbocycles. The summed E-state index contributed by atoms with van der Waals surface area (Å²) in [6.07, 6.45) is 50.9. The van der Waals surface area contributed by atoms with E-state index < -0.39 is 6.10 Å². The van der Waals surface area contributed by atoms with E-state index >= 15 is 0 Å². The topological polar surface area (TPSA) is 61.8 Å². The van der Waals surface area contributed by atoms with Gasteiger partial charge in [-0.1, -0.05) is 219 Å². The minimum atomic E-state index is -0.524. The van der Waals surface area contributed by atoms with Crippen LogP contribution in [0.25, 0.3) is 0 Å².